The molecule has 0 aliphatic heterocycles. The van der Waals surface area contributed by atoms with Crippen molar-refractivity contribution in [1.29, 1.82) is 0 Å². The molecule has 0 saturated heterocycles. The maximum atomic E-state index is 4.70. The summed E-state index contributed by atoms with van der Waals surface area (Å²) in [4.78, 5) is 3.90. The summed E-state index contributed by atoms with van der Waals surface area (Å²) in [5.74, 6) is 1.26. The molecule has 0 saturated carbocycles. The minimum atomic E-state index is 0.586. The first-order chi connectivity index (χ1) is 3.83. The van der Waals surface area contributed by atoms with Crippen molar-refractivity contribution in [3.8, 4) is 0 Å². The summed E-state index contributed by atoms with van der Waals surface area (Å²) < 4.78 is 4.70. The molecule has 0 N–H and O–H groups in total. The fourth-order valence-electron chi connectivity index (χ4n) is 0.430. The Kier molecular flexibility index (Phi) is 1.33. The summed E-state index contributed by atoms with van der Waals surface area (Å²) in [6.45, 7) is 3.64. The van der Waals surface area contributed by atoms with E-state index in [9.17, 15) is 0 Å². The number of hydrogen-bond donors (Lipinski definition) is 0. The number of rotatable bonds is 1. The Morgan fingerprint density at radius 1 is 1.62 bits per heavy atom. The molecule has 1 radical (unpaired) electrons. The Hall–Kier alpha value is -0.795. The van der Waals surface area contributed by atoms with E-state index in [2.05, 4.69) is 10.1 Å². The van der Waals surface area contributed by atoms with Gasteiger partial charge in [0.1, 0.15) is 0 Å². The lowest BCUT2D eigenvalue weighted by molar-refractivity contribution is 0.439. The Bertz CT molecular complexity index is 174. The highest BCUT2D eigenvalue weighted by atomic mass is 16.5. The first-order valence-electron chi connectivity index (χ1n) is 2.42. The lowest BCUT2D eigenvalue weighted by atomic mass is 9.83. The normalized spacial score (nSPS) is 9.25. The fraction of sp³-hybridized carbons (Fsp3) is 0.500. The second-order valence-electron chi connectivity index (χ2n) is 1.47. The first-order valence-corrected chi connectivity index (χ1v) is 2.42. The molecule has 0 aliphatic carbocycles. The molecule has 0 aliphatic rings. The van der Waals surface area contributed by atoms with Crippen molar-refractivity contribution < 1.29 is 4.52 Å². The Morgan fingerprint density at radius 3 is 2.62 bits per heavy atom. The predicted molar refractivity (Wildman–Crippen MR) is 30.3 cm³/mol. The van der Waals surface area contributed by atoms with Crippen LogP contribution in [-0.4, -0.2) is 17.4 Å². The van der Waals surface area contributed by atoms with Crippen molar-refractivity contribution in [2.75, 3.05) is 0 Å². The van der Waals surface area contributed by atoms with E-state index in [4.69, 9.17) is 4.52 Å². The van der Waals surface area contributed by atoms with Crippen molar-refractivity contribution in [3.05, 3.63) is 5.82 Å². The topological polar surface area (TPSA) is 38.9 Å². The quantitative estimate of drug-likeness (QED) is 0.467. The molecule has 4 heteroatoms. The minimum absolute atomic E-state index is 0.586. The molecule has 1 aromatic heterocycles. The van der Waals surface area contributed by atoms with E-state index in [1.807, 2.05) is 6.82 Å². The molecular formula is C4H6BN2O. The molecule has 1 aromatic rings. The molecule has 0 bridgehead atoms. The average molecular weight is 109 g/mol. The van der Waals surface area contributed by atoms with Gasteiger partial charge in [-0.05, 0) is 6.92 Å². The highest BCUT2D eigenvalue weighted by molar-refractivity contribution is 6.48. The van der Waals surface area contributed by atoms with Gasteiger partial charge in [0.2, 0.25) is 7.28 Å². The van der Waals surface area contributed by atoms with Crippen LogP contribution < -0.4 is 5.79 Å². The largest absolute Gasteiger partial charge is 0.352 e. The van der Waals surface area contributed by atoms with Crippen LogP contribution in [0.3, 0.4) is 0 Å². The van der Waals surface area contributed by atoms with Crippen molar-refractivity contribution in [2.24, 2.45) is 0 Å². The Morgan fingerprint density at radius 2 is 2.38 bits per heavy atom. The van der Waals surface area contributed by atoms with Crippen LogP contribution in [-0.2, 0) is 0 Å². The Labute approximate surface area is 48.3 Å². The van der Waals surface area contributed by atoms with E-state index in [1.54, 1.807) is 14.2 Å². The number of hydrogen-bond acceptors (Lipinski definition) is 3. The van der Waals surface area contributed by atoms with Gasteiger partial charge in [0.25, 0.3) is 0 Å². The van der Waals surface area contributed by atoms with Gasteiger partial charge in [-0.3, -0.25) is 0 Å². The van der Waals surface area contributed by atoms with E-state index in [-0.39, 0.29) is 0 Å². The van der Waals surface area contributed by atoms with Crippen LogP contribution in [0.15, 0.2) is 4.52 Å². The number of aryl methyl sites for hydroxylation is 1. The molecular weight excluding hydrogens is 103 g/mol. The third kappa shape index (κ3) is 0.884. The van der Waals surface area contributed by atoms with Gasteiger partial charge in [-0.2, -0.15) is 0 Å². The zero-order valence-electron chi connectivity index (χ0n) is 4.88. The highest BCUT2D eigenvalue weighted by Gasteiger charge is 1.96. The van der Waals surface area contributed by atoms with Gasteiger partial charge < -0.3 is 4.52 Å². The minimum Gasteiger partial charge on any atom is -0.352 e. The second kappa shape index (κ2) is 1.98. The van der Waals surface area contributed by atoms with Crippen molar-refractivity contribution in [2.45, 2.75) is 13.7 Å². The molecule has 0 fully saturated rings. The van der Waals surface area contributed by atoms with E-state index < -0.39 is 0 Å². The van der Waals surface area contributed by atoms with Gasteiger partial charge in [-0.25, -0.2) is 4.98 Å². The third-order valence-electron chi connectivity index (χ3n) is 0.790. The number of nitrogens with zero attached hydrogens (tertiary/aromatic N) is 2. The summed E-state index contributed by atoms with van der Waals surface area (Å²) in [5, 5.41) is 3.57. The lowest BCUT2D eigenvalue weighted by Gasteiger charge is -1.73. The van der Waals surface area contributed by atoms with Crippen LogP contribution in [0.4, 0.5) is 0 Å². The molecule has 41 valence electrons. The molecule has 1 rings (SSSR count). The molecule has 0 atom stereocenters. The van der Waals surface area contributed by atoms with Crippen LogP contribution in [0.5, 0.6) is 0 Å². The molecule has 0 aromatic carbocycles. The van der Waals surface area contributed by atoms with Gasteiger partial charge in [0, 0.05) is 0 Å². The smallest absolute Gasteiger partial charge is 0.230 e. The van der Waals surface area contributed by atoms with Gasteiger partial charge in [0.15, 0.2) is 11.6 Å². The van der Waals surface area contributed by atoms with Crippen molar-refractivity contribution in [3.63, 3.8) is 0 Å². The zero-order valence-corrected chi connectivity index (χ0v) is 4.88. The SMILES string of the molecule is C[B]c1nc(C)no1. The maximum Gasteiger partial charge on any atom is 0.230 e. The monoisotopic (exact) mass is 109 g/mol. The summed E-state index contributed by atoms with van der Waals surface area (Å²) in [6.07, 6.45) is 0. The Balaban J connectivity index is 2.84. The lowest BCUT2D eigenvalue weighted by Crippen LogP contribution is -2.10. The van der Waals surface area contributed by atoms with Crippen molar-refractivity contribution >= 4 is 13.1 Å². The third-order valence-corrected chi connectivity index (χ3v) is 0.790. The van der Waals surface area contributed by atoms with Crippen LogP contribution in [0, 0.1) is 6.92 Å². The van der Waals surface area contributed by atoms with E-state index in [1.165, 1.54) is 0 Å². The van der Waals surface area contributed by atoms with Gasteiger partial charge in [-0.1, -0.05) is 12.0 Å². The van der Waals surface area contributed by atoms with Crippen LogP contribution in [0.2, 0.25) is 6.82 Å². The second-order valence-corrected chi connectivity index (χ2v) is 1.47. The average Bonchev–Trinajstić information content (AvgIpc) is 2.14. The van der Waals surface area contributed by atoms with E-state index in [0.717, 1.165) is 0 Å². The standard InChI is InChI=1S/C4H6BN2O/c1-3-6-4(5-2)8-7-3/h1-2H3. The van der Waals surface area contributed by atoms with Gasteiger partial charge in [0.05, 0.1) is 0 Å². The van der Waals surface area contributed by atoms with Crippen LogP contribution >= 0.6 is 0 Å². The summed E-state index contributed by atoms with van der Waals surface area (Å²) in [7, 11) is 1.76. The summed E-state index contributed by atoms with van der Waals surface area (Å²) in [6, 6.07) is 0. The van der Waals surface area contributed by atoms with Crippen LogP contribution in [0.25, 0.3) is 0 Å². The molecule has 0 spiro atoms. The number of aromatic nitrogens is 2. The molecule has 1 heterocycles. The summed E-state index contributed by atoms with van der Waals surface area (Å²) >= 11 is 0. The van der Waals surface area contributed by atoms with Gasteiger partial charge in [-0.15, -0.1) is 0 Å². The van der Waals surface area contributed by atoms with Crippen LogP contribution in [0.1, 0.15) is 5.82 Å². The highest BCUT2D eigenvalue weighted by Crippen LogP contribution is 1.78. The zero-order chi connectivity index (χ0) is 5.98. The molecule has 3 nitrogen and oxygen atoms in total. The van der Waals surface area contributed by atoms with E-state index >= 15 is 0 Å². The fourth-order valence-corrected chi connectivity index (χ4v) is 0.430. The first kappa shape index (κ1) is 5.34. The predicted octanol–water partition coefficient (Wildman–Crippen LogP) is -0.244. The van der Waals surface area contributed by atoms with E-state index in [0.29, 0.717) is 11.6 Å². The van der Waals surface area contributed by atoms with Crippen molar-refractivity contribution in [1.82, 2.24) is 10.1 Å². The molecule has 0 unspecified atom stereocenters. The molecule has 8 heavy (non-hydrogen) atoms. The summed E-state index contributed by atoms with van der Waals surface area (Å²) in [5.41, 5.74) is 0. The molecule has 0 amide bonds. The van der Waals surface area contributed by atoms with Gasteiger partial charge >= 0.3 is 0 Å². The maximum absolute atomic E-state index is 4.70.